The van der Waals surface area contributed by atoms with Crippen LogP contribution in [0.1, 0.15) is 45.6 Å². The highest BCUT2D eigenvalue weighted by molar-refractivity contribution is 5.75. The third kappa shape index (κ3) is 5.96. The van der Waals surface area contributed by atoms with Crippen molar-refractivity contribution in [2.24, 2.45) is 0 Å². The van der Waals surface area contributed by atoms with Gasteiger partial charge in [0, 0.05) is 24.7 Å². The molecule has 0 radical (unpaired) electrons. The molecule has 2 N–H and O–H groups in total. The van der Waals surface area contributed by atoms with Crippen molar-refractivity contribution in [1.29, 1.82) is 0 Å². The minimum absolute atomic E-state index is 0.00925. The summed E-state index contributed by atoms with van der Waals surface area (Å²) in [6.45, 7) is 7.57. The van der Waals surface area contributed by atoms with E-state index < -0.39 is 5.97 Å². The van der Waals surface area contributed by atoms with E-state index >= 15 is 0 Å². The van der Waals surface area contributed by atoms with E-state index in [-0.39, 0.29) is 30.7 Å². The first kappa shape index (κ1) is 21.2. The lowest BCUT2D eigenvalue weighted by Crippen LogP contribution is -2.58. The van der Waals surface area contributed by atoms with E-state index in [9.17, 15) is 9.59 Å². The lowest BCUT2D eigenvalue weighted by Gasteiger charge is -2.43. The van der Waals surface area contributed by atoms with Crippen LogP contribution >= 0.6 is 0 Å². The summed E-state index contributed by atoms with van der Waals surface area (Å²) in [4.78, 5) is 27.6. The SMILES string of the molecule is CCC(Cc1ccccc1)N(CC)C(=O)NC1CC(N(CC)CC(=O)O)C1. The number of carboxylic acid groups (broad SMARTS) is 1. The maximum atomic E-state index is 12.8. The number of carboxylic acids is 1. The Hall–Kier alpha value is -2.08. The number of amides is 2. The van der Waals surface area contributed by atoms with Crippen LogP contribution in [0.2, 0.25) is 0 Å². The molecule has 0 aromatic heterocycles. The van der Waals surface area contributed by atoms with Crippen molar-refractivity contribution in [3.8, 4) is 0 Å². The standard InChI is InChI=1S/C21H33N3O3/c1-4-18(12-16-10-8-7-9-11-16)24(6-3)21(27)22-17-13-19(14-17)23(5-2)15-20(25)26/h7-11,17-19H,4-6,12-15H2,1-3H3,(H,22,27)(H,25,26). The number of nitrogens with one attached hydrogen (secondary N) is 1. The summed E-state index contributed by atoms with van der Waals surface area (Å²) in [6.07, 6.45) is 3.40. The van der Waals surface area contributed by atoms with Crippen LogP contribution < -0.4 is 5.32 Å². The molecule has 1 aliphatic rings. The van der Waals surface area contributed by atoms with Gasteiger partial charge in [-0.25, -0.2) is 4.79 Å². The molecule has 1 aromatic rings. The maximum absolute atomic E-state index is 12.8. The maximum Gasteiger partial charge on any atom is 0.317 e. The number of hydrogen-bond acceptors (Lipinski definition) is 3. The van der Waals surface area contributed by atoms with Crippen LogP contribution in [-0.4, -0.2) is 64.7 Å². The molecule has 1 unspecified atom stereocenters. The largest absolute Gasteiger partial charge is 0.480 e. The number of aliphatic carboxylic acids is 1. The van der Waals surface area contributed by atoms with Crippen LogP contribution in [0.5, 0.6) is 0 Å². The average Bonchev–Trinajstić information content (AvgIpc) is 2.63. The molecule has 27 heavy (non-hydrogen) atoms. The fraction of sp³-hybridized carbons (Fsp3) is 0.619. The first-order valence-electron chi connectivity index (χ1n) is 10.0. The quantitative estimate of drug-likeness (QED) is 0.659. The molecule has 0 aliphatic heterocycles. The molecule has 1 saturated carbocycles. The molecule has 1 atom stereocenters. The van der Waals surface area contributed by atoms with Crippen molar-refractivity contribution >= 4 is 12.0 Å². The Bertz CT molecular complexity index is 602. The summed E-state index contributed by atoms with van der Waals surface area (Å²) >= 11 is 0. The Morgan fingerprint density at radius 3 is 2.33 bits per heavy atom. The van der Waals surface area contributed by atoms with E-state index in [1.807, 2.05) is 41.8 Å². The predicted molar refractivity (Wildman–Crippen MR) is 107 cm³/mol. The zero-order valence-corrected chi connectivity index (χ0v) is 16.7. The lowest BCUT2D eigenvalue weighted by atomic mass is 9.85. The number of benzene rings is 1. The van der Waals surface area contributed by atoms with Crippen molar-refractivity contribution < 1.29 is 14.7 Å². The van der Waals surface area contributed by atoms with E-state index in [2.05, 4.69) is 24.4 Å². The van der Waals surface area contributed by atoms with Crippen LogP contribution in [0.3, 0.4) is 0 Å². The van der Waals surface area contributed by atoms with Crippen LogP contribution in [0.4, 0.5) is 4.79 Å². The molecule has 6 nitrogen and oxygen atoms in total. The first-order chi connectivity index (χ1) is 13.0. The van der Waals surface area contributed by atoms with Gasteiger partial charge < -0.3 is 15.3 Å². The smallest absolute Gasteiger partial charge is 0.317 e. The summed E-state index contributed by atoms with van der Waals surface area (Å²) < 4.78 is 0. The summed E-state index contributed by atoms with van der Waals surface area (Å²) in [7, 11) is 0. The normalized spacial score (nSPS) is 20.0. The zero-order chi connectivity index (χ0) is 19.8. The molecule has 1 aliphatic carbocycles. The second-order valence-electron chi connectivity index (χ2n) is 7.27. The van der Waals surface area contributed by atoms with Crippen molar-refractivity contribution in [3.05, 3.63) is 35.9 Å². The van der Waals surface area contributed by atoms with Gasteiger partial charge in [-0.05, 0) is 44.7 Å². The van der Waals surface area contributed by atoms with Gasteiger partial charge in [0.25, 0.3) is 0 Å². The first-order valence-corrected chi connectivity index (χ1v) is 10.0. The second kappa shape index (κ2) is 10.3. The van der Waals surface area contributed by atoms with Gasteiger partial charge in [0.1, 0.15) is 0 Å². The third-order valence-electron chi connectivity index (χ3n) is 5.53. The van der Waals surface area contributed by atoms with Crippen LogP contribution in [0.25, 0.3) is 0 Å². The Morgan fingerprint density at radius 1 is 1.15 bits per heavy atom. The van der Waals surface area contributed by atoms with E-state index in [4.69, 9.17) is 5.11 Å². The van der Waals surface area contributed by atoms with Gasteiger partial charge in [-0.15, -0.1) is 0 Å². The molecular weight excluding hydrogens is 342 g/mol. The number of urea groups is 1. The number of carbonyl (C=O) groups is 2. The predicted octanol–water partition coefficient (Wildman–Crippen LogP) is 2.98. The average molecular weight is 376 g/mol. The van der Waals surface area contributed by atoms with Gasteiger partial charge in [0.05, 0.1) is 6.54 Å². The summed E-state index contributed by atoms with van der Waals surface area (Å²) in [5.74, 6) is -0.798. The topological polar surface area (TPSA) is 72.9 Å². The van der Waals surface area contributed by atoms with Crippen LogP contribution in [-0.2, 0) is 11.2 Å². The van der Waals surface area contributed by atoms with Gasteiger partial charge >= 0.3 is 12.0 Å². The highest BCUT2D eigenvalue weighted by Crippen LogP contribution is 2.26. The van der Waals surface area contributed by atoms with E-state index in [0.717, 1.165) is 25.7 Å². The minimum atomic E-state index is -0.798. The molecule has 0 heterocycles. The van der Waals surface area contributed by atoms with Crippen LogP contribution in [0, 0.1) is 0 Å². The molecule has 1 aromatic carbocycles. The molecule has 2 amide bonds. The Morgan fingerprint density at radius 2 is 1.81 bits per heavy atom. The van der Waals surface area contributed by atoms with Crippen LogP contribution in [0.15, 0.2) is 30.3 Å². The highest BCUT2D eigenvalue weighted by atomic mass is 16.4. The van der Waals surface area contributed by atoms with Gasteiger partial charge in [-0.2, -0.15) is 0 Å². The fourth-order valence-corrected chi connectivity index (χ4v) is 3.86. The van der Waals surface area contributed by atoms with Gasteiger partial charge in [0.15, 0.2) is 0 Å². The molecule has 150 valence electrons. The number of hydrogen-bond donors (Lipinski definition) is 2. The summed E-state index contributed by atoms with van der Waals surface area (Å²) in [6, 6.07) is 10.8. The van der Waals surface area contributed by atoms with Gasteiger partial charge in [-0.3, -0.25) is 9.69 Å². The van der Waals surface area contributed by atoms with Crippen molar-refractivity contribution in [2.45, 2.75) is 64.6 Å². The van der Waals surface area contributed by atoms with Gasteiger partial charge in [0.2, 0.25) is 0 Å². The number of rotatable bonds is 10. The molecule has 6 heteroatoms. The molecule has 0 bridgehead atoms. The van der Waals surface area contributed by atoms with Crippen molar-refractivity contribution in [3.63, 3.8) is 0 Å². The summed E-state index contributed by atoms with van der Waals surface area (Å²) in [5.41, 5.74) is 1.24. The molecular formula is C21H33N3O3. The number of carbonyl (C=O) groups excluding carboxylic acids is 1. The monoisotopic (exact) mass is 375 g/mol. The van der Waals surface area contributed by atoms with Gasteiger partial charge in [-0.1, -0.05) is 44.2 Å². The zero-order valence-electron chi connectivity index (χ0n) is 16.7. The highest BCUT2D eigenvalue weighted by Gasteiger charge is 2.35. The Balaban J connectivity index is 1.87. The molecule has 0 spiro atoms. The molecule has 0 saturated heterocycles. The van der Waals surface area contributed by atoms with Crippen molar-refractivity contribution in [2.75, 3.05) is 19.6 Å². The summed E-state index contributed by atoms with van der Waals surface area (Å²) in [5, 5.41) is 12.1. The number of likely N-dealkylation sites (N-methyl/N-ethyl adjacent to an activating group) is 2. The van der Waals surface area contributed by atoms with E-state index in [0.29, 0.717) is 13.1 Å². The second-order valence-corrected chi connectivity index (χ2v) is 7.27. The number of nitrogens with zero attached hydrogens (tertiary/aromatic N) is 2. The van der Waals surface area contributed by atoms with E-state index in [1.54, 1.807) is 0 Å². The third-order valence-corrected chi connectivity index (χ3v) is 5.53. The van der Waals surface area contributed by atoms with Crippen molar-refractivity contribution in [1.82, 2.24) is 15.1 Å². The Labute approximate surface area is 162 Å². The molecule has 1 fully saturated rings. The van der Waals surface area contributed by atoms with E-state index in [1.165, 1.54) is 5.56 Å². The Kier molecular flexibility index (Phi) is 8.10. The minimum Gasteiger partial charge on any atom is -0.480 e. The molecule has 2 rings (SSSR count). The fourth-order valence-electron chi connectivity index (χ4n) is 3.86. The lowest BCUT2D eigenvalue weighted by molar-refractivity contribution is -0.139.